The topological polar surface area (TPSA) is 70.2 Å². The van der Waals surface area contributed by atoms with E-state index in [1.165, 1.54) is 24.3 Å². The maximum absolute atomic E-state index is 12.8. The highest BCUT2D eigenvalue weighted by Gasteiger charge is 2.24. The fraction of sp³-hybridized carbons (Fsp3) is 0.176. The summed E-state index contributed by atoms with van der Waals surface area (Å²) in [6, 6.07) is 12.0. The highest BCUT2D eigenvalue weighted by atomic mass is 19.1. The first-order chi connectivity index (χ1) is 11.1. The van der Waals surface area contributed by atoms with E-state index in [1.54, 1.807) is 24.3 Å². The molecule has 1 saturated carbocycles. The zero-order valence-electron chi connectivity index (χ0n) is 12.3. The molecule has 0 heterocycles. The number of nitrogens with one attached hydrogen (secondary N) is 3. The minimum atomic E-state index is -0.497. The van der Waals surface area contributed by atoms with Crippen LogP contribution in [0.4, 0.5) is 20.6 Å². The van der Waals surface area contributed by atoms with Gasteiger partial charge in [-0.3, -0.25) is 4.79 Å². The van der Waals surface area contributed by atoms with Crippen LogP contribution < -0.4 is 16.0 Å². The Hall–Kier alpha value is -2.89. The summed E-state index contributed by atoms with van der Waals surface area (Å²) >= 11 is 0. The highest BCUT2D eigenvalue weighted by molar-refractivity contribution is 6.06. The Kier molecular flexibility index (Phi) is 4.23. The number of hydrogen-bond acceptors (Lipinski definition) is 2. The van der Waals surface area contributed by atoms with Crippen molar-refractivity contribution in [2.24, 2.45) is 0 Å². The molecule has 6 heteroatoms. The number of para-hydroxylation sites is 1. The van der Waals surface area contributed by atoms with E-state index < -0.39 is 6.03 Å². The van der Waals surface area contributed by atoms with Crippen LogP contribution in [0.15, 0.2) is 48.5 Å². The van der Waals surface area contributed by atoms with E-state index in [9.17, 15) is 14.0 Å². The van der Waals surface area contributed by atoms with Gasteiger partial charge in [-0.2, -0.15) is 0 Å². The average molecular weight is 313 g/mol. The summed E-state index contributed by atoms with van der Waals surface area (Å²) in [5.41, 5.74) is 1.29. The largest absolute Gasteiger partial charge is 0.349 e. The molecule has 0 bridgehead atoms. The number of carbonyl (C=O) groups is 2. The van der Waals surface area contributed by atoms with Gasteiger partial charge in [-0.25, -0.2) is 9.18 Å². The molecule has 1 fully saturated rings. The van der Waals surface area contributed by atoms with Crippen LogP contribution in [0, 0.1) is 5.82 Å². The van der Waals surface area contributed by atoms with Crippen LogP contribution in [0.25, 0.3) is 0 Å². The molecule has 0 saturated heterocycles. The van der Waals surface area contributed by atoms with Crippen molar-refractivity contribution in [3.05, 3.63) is 59.9 Å². The second kappa shape index (κ2) is 6.48. The molecule has 1 aliphatic carbocycles. The standard InChI is InChI=1S/C17H16FN3O2/c18-11-5-7-13(8-6-11)20-17(23)21-15-4-2-1-3-14(15)16(22)19-12-9-10-12/h1-8,12H,9-10H2,(H,19,22)(H2,20,21,23). The highest BCUT2D eigenvalue weighted by Crippen LogP contribution is 2.21. The Morgan fingerprint density at radius 2 is 1.65 bits per heavy atom. The van der Waals surface area contributed by atoms with Gasteiger partial charge in [-0.05, 0) is 49.2 Å². The number of halogens is 1. The van der Waals surface area contributed by atoms with Crippen molar-refractivity contribution < 1.29 is 14.0 Å². The Labute approximate surface area is 132 Å². The normalized spacial score (nSPS) is 13.3. The third-order valence-electron chi connectivity index (χ3n) is 3.43. The SMILES string of the molecule is O=C(Nc1ccc(F)cc1)Nc1ccccc1C(=O)NC1CC1. The van der Waals surface area contributed by atoms with E-state index in [4.69, 9.17) is 0 Å². The Morgan fingerprint density at radius 3 is 2.35 bits per heavy atom. The molecular formula is C17H16FN3O2. The molecule has 1 aliphatic rings. The second-order valence-electron chi connectivity index (χ2n) is 5.38. The molecule has 23 heavy (non-hydrogen) atoms. The summed E-state index contributed by atoms with van der Waals surface area (Å²) in [5, 5.41) is 8.12. The van der Waals surface area contributed by atoms with Gasteiger partial charge in [0.05, 0.1) is 11.3 Å². The van der Waals surface area contributed by atoms with Gasteiger partial charge < -0.3 is 16.0 Å². The van der Waals surface area contributed by atoms with Crippen LogP contribution in [0.3, 0.4) is 0 Å². The first-order valence-corrected chi connectivity index (χ1v) is 7.35. The summed E-state index contributed by atoms with van der Waals surface area (Å²) in [4.78, 5) is 24.2. The number of hydrogen-bond donors (Lipinski definition) is 3. The lowest BCUT2D eigenvalue weighted by atomic mass is 10.1. The van der Waals surface area contributed by atoms with Crippen LogP contribution in [0.2, 0.25) is 0 Å². The number of amides is 3. The van der Waals surface area contributed by atoms with Gasteiger partial charge in [0.1, 0.15) is 5.82 Å². The third kappa shape index (κ3) is 4.06. The zero-order chi connectivity index (χ0) is 16.2. The molecule has 0 atom stereocenters. The quantitative estimate of drug-likeness (QED) is 0.810. The van der Waals surface area contributed by atoms with Crippen LogP contribution in [0.1, 0.15) is 23.2 Å². The summed E-state index contributed by atoms with van der Waals surface area (Å²) in [6.07, 6.45) is 1.98. The molecule has 118 valence electrons. The molecule has 0 spiro atoms. The Morgan fingerprint density at radius 1 is 0.957 bits per heavy atom. The molecule has 2 aromatic rings. The van der Waals surface area contributed by atoms with Crippen molar-refractivity contribution in [1.29, 1.82) is 0 Å². The number of benzene rings is 2. The molecule has 0 aromatic heterocycles. The van der Waals surface area contributed by atoms with E-state index in [1.807, 2.05) is 0 Å². The number of anilines is 2. The predicted octanol–water partition coefficient (Wildman–Crippen LogP) is 3.36. The maximum Gasteiger partial charge on any atom is 0.323 e. The molecule has 5 nitrogen and oxygen atoms in total. The lowest BCUT2D eigenvalue weighted by molar-refractivity contribution is 0.0952. The van der Waals surface area contributed by atoms with Crippen molar-refractivity contribution in [3.8, 4) is 0 Å². The molecule has 0 radical (unpaired) electrons. The number of rotatable bonds is 4. The fourth-order valence-corrected chi connectivity index (χ4v) is 2.10. The number of urea groups is 1. The van der Waals surface area contributed by atoms with E-state index in [0.29, 0.717) is 16.9 Å². The molecule has 0 aliphatic heterocycles. The summed E-state index contributed by atoms with van der Waals surface area (Å²) in [5.74, 6) is -0.580. The summed E-state index contributed by atoms with van der Waals surface area (Å²) in [6.45, 7) is 0. The predicted molar refractivity (Wildman–Crippen MR) is 86.0 cm³/mol. The summed E-state index contributed by atoms with van der Waals surface area (Å²) in [7, 11) is 0. The number of carbonyl (C=O) groups excluding carboxylic acids is 2. The average Bonchev–Trinajstić information content (AvgIpc) is 3.34. The molecule has 3 N–H and O–H groups in total. The second-order valence-corrected chi connectivity index (χ2v) is 5.38. The lowest BCUT2D eigenvalue weighted by Gasteiger charge is -2.12. The minimum Gasteiger partial charge on any atom is -0.349 e. The van der Waals surface area contributed by atoms with Crippen LogP contribution in [-0.2, 0) is 0 Å². The van der Waals surface area contributed by atoms with Gasteiger partial charge in [0.15, 0.2) is 0 Å². The monoisotopic (exact) mass is 313 g/mol. The van der Waals surface area contributed by atoms with Crippen molar-refractivity contribution >= 4 is 23.3 Å². The lowest BCUT2D eigenvalue weighted by Crippen LogP contribution is -2.27. The van der Waals surface area contributed by atoms with Gasteiger partial charge in [-0.1, -0.05) is 12.1 Å². The molecular weight excluding hydrogens is 297 g/mol. The van der Waals surface area contributed by atoms with Crippen molar-refractivity contribution in [3.63, 3.8) is 0 Å². The maximum atomic E-state index is 12.8. The fourth-order valence-electron chi connectivity index (χ4n) is 2.10. The van der Waals surface area contributed by atoms with Gasteiger partial charge in [0.2, 0.25) is 0 Å². The molecule has 0 unspecified atom stereocenters. The van der Waals surface area contributed by atoms with Gasteiger partial charge in [0, 0.05) is 11.7 Å². The zero-order valence-corrected chi connectivity index (χ0v) is 12.3. The Bertz CT molecular complexity index is 727. The molecule has 3 rings (SSSR count). The first kappa shape index (κ1) is 15.0. The minimum absolute atomic E-state index is 0.204. The van der Waals surface area contributed by atoms with Crippen molar-refractivity contribution in [2.75, 3.05) is 10.6 Å². The van der Waals surface area contributed by atoms with Gasteiger partial charge in [-0.15, -0.1) is 0 Å². The van der Waals surface area contributed by atoms with E-state index in [0.717, 1.165) is 12.8 Å². The van der Waals surface area contributed by atoms with E-state index in [-0.39, 0.29) is 17.8 Å². The van der Waals surface area contributed by atoms with Crippen LogP contribution >= 0.6 is 0 Å². The van der Waals surface area contributed by atoms with Crippen LogP contribution in [0.5, 0.6) is 0 Å². The van der Waals surface area contributed by atoms with E-state index >= 15 is 0 Å². The summed E-state index contributed by atoms with van der Waals surface area (Å²) < 4.78 is 12.8. The molecule has 2 aromatic carbocycles. The van der Waals surface area contributed by atoms with Gasteiger partial charge >= 0.3 is 6.03 Å². The van der Waals surface area contributed by atoms with Crippen molar-refractivity contribution in [1.82, 2.24) is 5.32 Å². The van der Waals surface area contributed by atoms with Gasteiger partial charge in [0.25, 0.3) is 5.91 Å². The Balaban J connectivity index is 1.67. The van der Waals surface area contributed by atoms with E-state index in [2.05, 4.69) is 16.0 Å². The van der Waals surface area contributed by atoms with Crippen LogP contribution in [-0.4, -0.2) is 18.0 Å². The molecule has 3 amide bonds. The smallest absolute Gasteiger partial charge is 0.323 e. The third-order valence-corrected chi connectivity index (χ3v) is 3.43. The first-order valence-electron chi connectivity index (χ1n) is 7.35. The van der Waals surface area contributed by atoms with Crippen molar-refractivity contribution in [2.45, 2.75) is 18.9 Å².